The van der Waals surface area contributed by atoms with Gasteiger partial charge in [-0.05, 0) is 57.1 Å². The fourth-order valence-electron chi connectivity index (χ4n) is 2.02. The standard InChI is InChI=1S/C16H27NS/c1-16(2,3)17-13-15(11-8-12-18-4)14-9-6-5-7-10-14/h5-7,9-10,15,17H,8,11-13H2,1-4H3. The van der Waals surface area contributed by atoms with E-state index in [0.717, 1.165) is 6.54 Å². The van der Waals surface area contributed by atoms with Crippen LogP contribution in [0.1, 0.15) is 45.1 Å². The summed E-state index contributed by atoms with van der Waals surface area (Å²) in [6, 6.07) is 10.9. The van der Waals surface area contributed by atoms with E-state index in [1.807, 2.05) is 11.8 Å². The Morgan fingerprint density at radius 2 is 1.83 bits per heavy atom. The molecule has 1 unspecified atom stereocenters. The summed E-state index contributed by atoms with van der Waals surface area (Å²) in [5.41, 5.74) is 1.67. The maximum absolute atomic E-state index is 3.64. The molecule has 1 rings (SSSR count). The number of thioether (sulfide) groups is 1. The predicted molar refractivity (Wildman–Crippen MR) is 84.6 cm³/mol. The lowest BCUT2D eigenvalue weighted by atomic mass is 9.93. The Morgan fingerprint density at radius 3 is 2.39 bits per heavy atom. The van der Waals surface area contributed by atoms with Crippen LogP contribution in [0.4, 0.5) is 0 Å². The van der Waals surface area contributed by atoms with E-state index >= 15 is 0 Å². The molecule has 0 spiro atoms. The molecule has 0 aliphatic rings. The van der Waals surface area contributed by atoms with Crippen molar-refractivity contribution in [2.45, 2.75) is 45.1 Å². The van der Waals surface area contributed by atoms with Gasteiger partial charge in [0.2, 0.25) is 0 Å². The number of rotatable bonds is 7. The third-order valence-corrected chi connectivity index (χ3v) is 3.75. The van der Waals surface area contributed by atoms with E-state index in [2.05, 4.69) is 62.7 Å². The van der Waals surface area contributed by atoms with Gasteiger partial charge in [-0.1, -0.05) is 30.3 Å². The van der Waals surface area contributed by atoms with Crippen molar-refractivity contribution in [1.29, 1.82) is 0 Å². The topological polar surface area (TPSA) is 12.0 Å². The van der Waals surface area contributed by atoms with Crippen molar-refractivity contribution in [1.82, 2.24) is 5.32 Å². The Labute approximate surface area is 117 Å². The number of hydrogen-bond donors (Lipinski definition) is 1. The smallest absolute Gasteiger partial charge is 0.00967 e. The van der Waals surface area contributed by atoms with Gasteiger partial charge in [0, 0.05) is 12.1 Å². The van der Waals surface area contributed by atoms with Crippen LogP contribution in [-0.4, -0.2) is 24.1 Å². The van der Waals surface area contributed by atoms with Gasteiger partial charge in [0.15, 0.2) is 0 Å². The van der Waals surface area contributed by atoms with Crippen LogP contribution < -0.4 is 5.32 Å². The van der Waals surface area contributed by atoms with Gasteiger partial charge in [0.25, 0.3) is 0 Å². The molecule has 0 saturated heterocycles. The maximum Gasteiger partial charge on any atom is 0.00967 e. The summed E-state index contributed by atoms with van der Waals surface area (Å²) in [6.07, 6.45) is 4.76. The van der Waals surface area contributed by atoms with Crippen LogP contribution >= 0.6 is 11.8 Å². The van der Waals surface area contributed by atoms with Crippen LogP contribution in [-0.2, 0) is 0 Å². The third kappa shape index (κ3) is 6.46. The van der Waals surface area contributed by atoms with Crippen LogP contribution in [0.25, 0.3) is 0 Å². The lowest BCUT2D eigenvalue weighted by Gasteiger charge is -2.25. The lowest BCUT2D eigenvalue weighted by Crippen LogP contribution is -2.38. The molecule has 0 bridgehead atoms. The highest BCUT2D eigenvalue weighted by Gasteiger charge is 2.15. The molecule has 1 atom stereocenters. The van der Waals surface area contributed by atoms with Crippen LogP contribution in [0.3, 0.4) is 0 Å². The van der Waals surface area contributed by atoms with Crippen LogP contribution in [0.5, 0.6) is 0 Å². The van der Waals surface area contributed by atoms with Gasteiger partial charge in [0.05, 0.1) is 0 Å². The fraction of sp³-hybridized carbons (Fsp3) is 0.625. The van der Waals surface area contributed by atoms with Crippen molar-refractivity contribution in [3.05, 3.63) is 35.9 Å². The normalized spacial score (nSPS) is 13.6. The lowest BCUT2D eigenvalue weighted by molar-refractivity contribution is 0.398. The Bertz CT molecular complexity index is 316. The highest BCUT2D eigenvalue weighted by atomic mass is 32.2. The Kier molecular flexibility index (Phi) is 6.80. The minimum Gasteiger partial charge on any atom is -0.311 e. The molecule has 0 amide bonds. The summed E-state index contributed by atoms with van der Waals surface area (Å²) in [6.45, 7) is 7.77. The van der Waals surface area contributed by atoms with Crippen molar-refractivity contribution in [2.75, 3.05) is 18.6 Å². The molecule has 1 aromatic carbocycles. The fourth-order valence-corrected chi connectivity index (χ4v) is 2.47. The molecule has 0 saturated carbocycles. The summed E-state index contributed by atoms with van der Waals surface area (Å²) < 4.78 is 0. The molecule has 0 aromatic heterocycles. The van der Waals surface area contributed by atoms with E-state index in [1.54, 1.807) is 0 Å². The largest absolute Gasteiger partial charge is 0.311 e. The van der Waals surface area contributed by atoms with Crippen molar-refractivity contribution < 1.29 is 0 Å². The van der Waals surface area contributed by atoms with E-state index in [-0.39, 0.29) is 5.54 Å². The molecular weight excluding hydrogens is 238 g/mol. The first-order chi connectivity index (χ1) is 8.53. The van der Waals surface area contributed by atoms with E-state index < -0.39 is 0 Å². The molecule has 2 heteroatoms. The maximum atomic E-state index is 3.64. The zero-order valence-electron chi connectivity index (χ0n) is 12.2. The monoisotopic (exact) mass is 265 g/mol. The molecule has 0 aliphatic heterocycles. The summed E-state index contributed by atoms with van der Waals surface area (Å²) in [5, 5.41) is 3.64. The molecule has 1 N–H and O–H groups in total. The van der Waals surface area contributed by atoms with Gasteiger partial charge in [-0.25, -0.2) is 0 Å². The molecule has 0 heterocycles. The van der Waals surface area contributed by atoms with Gasteiger partial charge >= 0.3 is 0 Å². The number of benzene rings is 1. The highest BCUT2D eigenvalue weighted by molar-refractivity contribution is 7.98. The highest BCUT2D eigenvalue weighted by Crippen LogP contribution is 2.22. The van der Waals surface area contributed by atoms with Crippen molar-refractivity contribution >= 4 is 11.8 Å². The number of nitrogens with one attached hydrogen (secondary N) is 1. The first kappa shape index (κ1) is 15.6. The van der Waals surface area contributed by atoms with Crippen molar-refractivity contribution in [3.8, 4) is 0 Å². The van der Waals surface area contributed by atoms with Crippen molar-refractivity contribution in [2.24, 2.45) is 0 Å². The van der Waals surface area contributed by atoms with E-state index in [9.17, 15) is 0 Å². The van der Waals surface area contributed by atoms with E-state index in [0.29, 0.717) is 5.92 Å². The summed E-state index contributed by atoms with van der Waals surface area (Å²) >= 11 is 1.94. The molecule has 0 aliphatic carbocycles. The Balaban J connectivity index is 2.58. The van der Waals surface area contributed by atoms with Crippen molar-refractivity contribution in [3.63, 3.8) is 0 Å². The Hall–Kier alpha value is -0.470. The summed E-state index contributed by atoms with van der Waals surface area (Å²) in [7, 11) is 0. The van der Waals surface area contributed by atoms with Gasteiger partial charge in [-0.15, -0.1) is 0 Å². The molecule has 102 valence electrons. The second-order valence-corrected chi connectivity index (χ2v) is 6.86. The van der Waals surface area contributed by atoms with Gasteiger partial charge in [-0.2, -0.15) is 11.8 Å². The van der Waals surface area contributed by atoms with E-state index in [4.69, 9.17) is 0 Å². The molecule has 0 fully saturated rings. The van der Waals surface area contributed by atoms with Crippen LogP contribution in [0.2, 0.25) is 0 Å². The second kappa shape index (κ2) is 7.85. The Morgan fingerprint density at radius 1 is 1.17 bits per heavy atom. The molecule has 1 aromatic rings. The minimum atomic E-state index is 0.201. The zero-order valence-corrected chi connectivity index (χ0v) is 13.0. The molecule has 0 radical (unpaired) electrons. The minimum absolute atomic E-state index is 0.201. The summed E-state index contributed by atoms with van der Waals surface area (Å²) in [4.78, 5) is 0. The predicted octanol–water partition coefficient (Wildman–Crippen LogP) is 4.30. The quantitative estimate of drug-likeness (QED) is 0.738. The van der Waals surface area contributed by atoms with E-state index in [1.165, 1.54) is 24.2 Å². The third-order valence-electron chi connectivity index (χ3n) is 3.05. The average Bonchev–Trinajstić information content (AvgIpc) is 2.33. The zero-order chi connectivity index (χ0) is 13.4. The van der Waals surface area contributed by atoms with Crippen LogP contribution in [0.15, 0.2) is 30.3 Å². The molecule has 18 heavy (non-hydrogen) atoms. The molecular formula is C16H27NS. The number of hydrogen-bond acceptors (Lipinski definition) is 2. The first-order valence-corrected chi connectivity index (χ1v) is 8.21. The average molecular weight is 265 g/mol. The van der Waals surface area contributed by atoms with Gasteiger partial charge in [-0.3, -0.25) is 0 Å². The first-order valence-electron chi connectivity index (χ1n) is 6.82. The molecule has 1 nitrogen and oxygen atoms in total. The second-order valence-electron chi connectivity index (χ2n) is 5.87. The van der Waals surface area contributed by atoms with Gasteiger partial charge in [0.1, 0.15) is 0 Å². The van der Waals surface area contributed by atoms with Crippen LogP contribution in [0, 0.1) is 0 Å². The SMILES string of the molecule is CSCCCC(CNC(C)(C)C)c1ccccc1. The summed E-state index contributed by atoms with van der Waals surface area (Å²) in [5.74, 6) is 1.90. The van der Waals surface area contributed by atoms with Gasteiger partial charge < -0.3 is 5.32 Å².